The summed E-state index contributed by atoms with van der Waals surface area (Å²) in [6, 6.07) is 1.59. The fourth-order valence-electron chi connectivity index (χ4n) is 2.29. The second kappa shape index (κ2) is 3.38. The molecule has 2 heterocycles. The van der Waals surface area contributed by atoms with Crippen molar-refractivity contribution in [3.63, 3.8) is 0 Å². The van der Waals surface area contributed by atoms with Gasteiger partial charge in [0.2, 0.25) is 0 Å². The molecule has 0 amide bonds. The van der Waals surface area contributed by atoms with Gasteiger partial charge in [0.25, 0.3) is 0 Å². The summed E-state index contributed by atoms with van der Waals surface area (Å²) in [5.74, 6) is 0. The minimum atomic E-state index is 0.787. The van der Waals surface area contributed by atoms with E-state index in [0.29, 0.717) is 0 Å². The summed E-state index contributed by atoms with van der Waals surface area (Å²) in [5, 5.41) is 3.60. The van der Waals surface area contributed by atoms with E-state index in [1.807, 2.05) is 0 Å². The summed E-state index contributed by atoms with van der Waals surface area (Å²) in [5.41, 5.74) is 0. The van der Waals surface area contributed by atoms with Gasteiger partial charge in [0.1, 0.15) is 0 Å². The SMILES string of the molecule is PN1CCCC2NCCCC21. The third kappa shape index (κ3) is 1.58. The topological polar surface area (TPSA) is 15.3 Å². The van der Waals surface area contributed by atoms with Gasteiger partial charge in [-0.25, -0.2) is 0 Å². The lowest BCUT2D eigenvalue weighted by Gasteiger charge is -2.42. The van der Waals surface area contributed by atoms with Crippen LogP contribution < -0.4 is 5.32 Å². The highest BCUT2D eigenvalue weighted by Gasteiger charge is 2.30. The monoisotopic (exact) mass is 172 g/mol. The number of hydrogen-bond acceptors (Lipinski definition) is 2. The lowest BCUT2D eigenvalue weighted by molar-refractivity contribution is 0.172. The van der Waals surface area contributed by atoms with Gasteiger partial charge in [-0.1, -0.05) is 9.39 Å². The van der Waals surface area contributed by atoms with Gasteiger partial charge in [0.15, 0.2) is 0 Å². The summed E-state index contributed by atoms with van der Waals surface area (Å²) in [6.45, 7) is 2.51. The second-order valence-electron chi connectivity index (χ2n) is 3.65. The Bertz CT molecular complexity index is 138. The molecule has 1 N–H and O–H groups in total. The van der Waals surface area contributed by atoms with Crippen LogP contribution in [-0.4, -0.2) is 29.8 Å². The number of nitrogens with zero attached hydrogens (tertiary/aromatic N) is 1. The van der Waals surface area contributed by atoms with Crippen molar-refractivity contribution in [3.05, 3.63) is 0 Å². The molecule has 0 aromatic carbocycles. The van der Waals surface area contributed by atoms with E-state index in [2.05, 4.69) is 19.4 Å². The van der Waals surface area contributed by atoms with E-state index < -0.39 is 0 Å². The van der Waals surface area contributed by atoms with E-state index >= 15 is 0 Å². The predicted molar refractivity (Wildman–Crippen MR) is 50.5 cm³/mol. The Balaban J connectivity index is 1.99. The molecule has 0 aromatic rings. The lowest BCUT2D eigenvalue weighted by atomic mass is 9.91. The molecule has 0 radical (unpaired) electrons. The fourth-order valence-corrected chi connectivity index (χ4v) is 2.83. The molecule has 0 aliphatic carbocycles. The molecule has 64 valence electrons. The molecule has 2 aliphatic heterocycles. The molecule has 0 aromatic heterocycles. The van der Waals surface area contributed by atoms with Crippen LogP contribution >= 0.6 is 9.39 Å². The average Bonchev–Trinajstić information content (AvgIpc) is 2.06. The molecule has 0 bridgehead atoms. The zero-order valence-electron chi connectivity index (χ0n) is 6.92. The Labute approximate surface area is 71.0 Å². The molecule has 3 heteroatoms. The van der Waals surface area contributed by atoms with Crippen LogP contribution in [-0.2, 0) is 0 Å². The highest BCUT2D eigenvalue weighted by Crippen LogP contribution is 2.26. The smallest absolute Gasteiger partial charge is 0.0283 e. The molecule has 0 saturated carbocycles. The van der Waals surface area contributed by atoms with Crippen LogP contribution in [0, 0.1) is 0 Å². The van der Waals surface area contributed by atoms with Gasteiger partial charge in [-0.2, -0.15) is 0 Å². The van der Waals surface area contributed by atoms with Crippen molar-refractivity contribution in [1.82, 2.24) is 9.99 Å². The maximum absolute atomic E-state index is 3.60. The highest BCUT2D eigenvalue weighted by atomic mass is 31.0. The number of hydrogen-bond donors (Lipinski definition) is 1. The van der Waals surface area contributed by atoms with E-state index in [1.54, 1.807) is 0 Å². The Hall–Kier alpha value is 0.350. The van der Waals surface area contributed by atoms with Crippen molar-refractivity contribution in [2.24, 2.45) is 0 Å². The summed E-state index contributed by atoms with van der Waals surface area (Å²) in [4.78, 5) is 0. The Kier molecular flexibility index (Phi) is 2.45. The quantitative estimate of drug-likeness (QED) is 0.548. The molecular weight excluding hydrogens is 155 g/mol. The third-order valence-corrected chi connectivity index (χ3v) is 3.55. The molecule has 11 heavy (non-hydrogen) atoms. The molecular formula is C8H17N2P. The van der Waals surface area contributed by atoms with E-state index in [-0.39, 0.29) is 0 Å². The summed E-state index contributed by atoms with van der Waals surface area (Å²) in [7, 11) is 2.87. The van der Waals surface area contributed by atoms with Gasteiger partial charge in [-0.05, 0) is 32.2 Å². The van der Waals surface area contributed by atoms with Gasteiger partial charge >= 0.3 is 0 Å². The number of rotatable bonds is 0. The molecule has 2 saturated heterocycles. The van der Waals surface area contributed by atoms with Gasteiger partial charge in [-0.15, -0.1) is 0 Å². The van der Waals surface area contributed by atoms with E-state index in [9.17, 15) is 0 Å². The minimum absolute atomic E-state index is 0.787. The van der Waals surface area contributed by atoms with E-state index in [0.717, 1.165) is 12.1 Å². The predicted octanol–water partition coefficient (Wildman–Crippen LogP) is 0.993. The maximum atomic E-state index is 3.60. The van der Waals surface area contributed by atoms with Crippen LogP contribution in [0.4, 0.5) is 0 Å². The van der Waals surface area contributed by atoms with E-state index in [4.69, 9.17) is 0 Å². The van der Waals surface area contributed by atoms with Gasteiger partial charge < -0.3 is 5.32 Å². The van der Waals surface area contributed by atoms with Crippen molar-refractivity contribution in [2.75, 3.05) is 13.1 Å². The van der Waals surface area contributed by atoms with Gasteiger partial charge in [0, 0.05) is 18.6 Å². The number of fused-ring (bicyclic) bond motifs is 1. The van der Waals surface area contributed by atoms with Crippen LogP contribution in [0.15, 0.2) is 0 Å². The first kappa shape index (κ1) is 7.97. The van der Waals surface area contributed by atoms with Crippen molar-refractivity contribution in [3.8, 4) is 0 Å². The lowest BCUT2D eigenvalue weighted by Crippen LogP contribution is -2.53. The van der Waals surface area contributed by atoms with E-state index in [1.165, 1.54) is 38.8 Å². The van der Waals surface area contributed by atoms with Crippen LogP contribution in [0.1, 0.15) is 25.7 Å². The third-order valence-electron chi connectivity index (χ3n) is 2.91. The standard InChI is InChI=1S/C8H17N2P/c11-10-6-2-3-7-8(10)4-1-5-9-7/h7-9H,1-6,11H2. The molecule has 2 aliphatic rings. The number of piperidine rings is 2. The molecule has 2 fully saturated rings. The molecule has 2 nitrogen and oxygen atoms in total. The summed E-state index contributed by atoms with van der Waals surface area (Å²) < 4.78 is 2.44. The maximum Gasteiger partial charge on any atom is 0.0283 e. The van der Waals surface area contributed by atoms with Crippen molar-refractivity contribution >= 4 is 9.39 Å². The first-order valence-corrected chi connectivity index (χ1v) is 5.14. The van der Waals surface area contributed by atoms with Crippen LogP contribution in [0.25, 0.3) is 0 Å². The Morgan fingerprint density at radius 3 is 3.00 bits per heavy atom. The van der Waals surface area contributed by atoms with Crippen molar-refractivity contribution < 1.29 is 0 Å². The molecule has 3 unspecified atom stereocenters. The summed E-state index contributed by atoms with van der Waals surface area (Å²) >= 11 is 0. The number of nitrogens with one attached hydrogen (secondary N) is 1. The van der Waals surface area contributed by atoms with Crippen molar-refractivity contribution in [1.29, 1.82) is 0 Å². The highest BCUT2D eigenvalue weighted by molar-refractivity contribution is 7.13. The molecule has 2 rings (SSSR count). The van der Waals surface area contributed by atoms with Gasteiger partial charge in [-0.3, -0.25) is 4.67 Å². The summed E-state index contributed by atoms with van der Waals surface area (Å²) in [6.07, 6.45) is 5.49. The molecule has 0 spiro atoms. The first-order chi connectivity index (χ1) is 5.38. The minimum Gasteiger partial charge on any atom is -0.312 e. The molecule has 3 atom stereocenters. The largest absolute Gasteiger partial charge is 0.312 e. The van der Waals surface area contributed by atoms with Crippen LogP contribution in [0.2, 0.25) is 0 Å². The van der Waals surface area contributed by atoms with Crippen LogP contribution in [0.5, 0.6) is 0 Å². The first-order valence-electron chi connectivity index (χ1n) is 4.62. The Morgan fingerprint density at radius 1 is 1.27 bits per heavy atom. The fraction of sp³-hybridized carbons (Fsp3) is 1.00. The van der Waals surface area contributed by atoms with Gasteiger partial charge in [0.05, 0.1) is 0 Å². The normalized spacial score (nSPS) is 40.1. The second-order valence-corrected chi connectivity index (χ2v) is 4.31. The zero-order valence-corrected chi connectivity index (χ0v) is 8.08. The zero-order chi connectivity index (χ0) is 7.68. The van der Waals surface area contributed by atoms with Crippen molar-refractivity contribution in [2.45, 2.75) is 37.8 Å². The average molecular weight is 172 g/mol. The Morgan fingerprint density at radius 2 is 2.18 bits per heavy atom. The van der Waals surface area contributed by atoms with Crippen LogP contribution in [0.3, 0.4) is 0 Å².